The van der Waals surface area contributed by atoms with E-state index in [0.29, 0.717) is 0 Å². The van der Waals surface area contributed by atoms with Crippen molar-refractivity contribution in [3.63, 3.8) is 0 Å². The van der Waals surface area contributed by atoms with Gasteiger partial charge in [0, 0.05) is 40.4 Å². The quantitative estimate of drug-likeness (QED) is 0.332. The van der Waals surface area contributed by atoms with Gasteiger partial charge in [0.2, 0.25) is 0 Å². The second kappa shape index (κ2) is 11.8. The Bertz CT molecular complexity index is 243. The fourth-order valence-corrected chi connectivity index (χ4v) is 2.28. The number of nitrogens with zero attached hydrogens (tertiary/aromatic N) is 2. The summed E-state index contributed by atoms with van der Waals surface area (Å²) in [5, 5.41) is 3.41. The monoisotopic (exact) mass is 383 g/mol. The highest BCUT2D eigenvalue weighted by molar-refractivity contribution is 14.0. The number of guanidine groups is 1. The zero-order chi connectivity index (χ0) is 13.2. The Balaban J connectivity index is 0.00000324. The highest BCUT2D eigenvalue weighted by Crippen LogP contribution is 2.18. The highest BCUT2D eigenvalue weighted by Gasteiger charge is 2.15. The predicted octanol–water partition coefficient (Wildman–Crippen LogP) is 2.73. The molecule has 4 nitrogen and oxygen atoms in total. The van der Waals surface area contributed by atoms with Gasteiger partial charge in [0.25, 0.3) is 0 Å². The average Bonchev–Trinajstić information content (AvgIpc) is 2.42. The highest BCUT2D eigenvalue weighted by atomic mass is 127. The van der Waals surface area contributed by atoms with Crippen LogP contribution in [0.2, 0.25) is 0 Å². The van der Waals surface area contributed by atoms with Gasteiger partial charge in [-0.2, -0.15) is 0 Å². The van der Waals surface area contributed by atoms with Crippen LogP contribution in [0.15, 0.2) is 4.99 Å². The van der Waals surface area contributed by atoms with Crippen molar-refractivity contribution in [2.75, 3.05) is 40.4 Å². The third-order valence-corrected chi connectivity index (χ3v) is 3.60. The van der Waals surface area contributed by atoms with Gasteiger partial charge in [-0.05, 0) is 31.6 Å². The summed E-state index contributed by atoms with van der Waals surface area (Å²) in [4.78, 5) is 6.57. The van der Waals surface area contributed by atoms with E-state index in [1.54, 1.807) is 0 Å². The molecule has 5 heteroatoms. The van der Waals surface area contributed by atoms with Gasteiger partial charge >= 0.3 is 0 Å². The molecule has 0 aliphatic carbocycles. The van der Waals surface area contributed by atoms with Gasteiger partial charge in [-0.25, -0.2) is 0 Å². The summed E-state index contributed by atoms with van der Waals surface area (Å²) in [6, 6.07) is 0. The Labute approximate surface area is 135 Å². The second-order valence-corrected chi connectivity index (χ2v) is 5.09. The first-order chi connectivity index (χ1) is 8.77. The van der Waals surface area contributed by atoms with E-state index in [-0.39, 0.29) is 24.0 Å². The standard InChI is InChI=1S/C14H29N3O.HI/c1-4-5-9-16-14(15-2)17(3)10-6-13-7-11-18-12-8-13;/h13H,4-12H2,1-3H3,(H,15,16);1H. The second-order valence-electron chi connectivity index (χ2n) is 5.09. The number of unbranched alkanes of at least 4 members (excludes halogenated alkanes) is 1. The Hall–Kier alpha value is -0.0400. The molecule has 0 saturated carbocycles. The molecule has 1 rings (SSSR count). The fraction of sp³-hybridized carbons (Fsp3) is 0.929. The number of halogens is 1. The topological polar surface area (TPSA) is 36.9 Å². The van der Waals surface area contributed by atoms with E-state index in [1.807, 2.05) is 7.05 Å². The zero-order valence-electron chi connectivity index (χ0n) is 12.7. The van der Waals surface area contributed by atoms with E-state index in [2.05, 4.69) is 29.2 Å². The average molecular weight is 383 g/mol. The molecule has 0 radical (unpaired) electrons. The smallest absolute Gasteiger partial charge is 0.193 e. The summed E-state index contributed by atoms with van der Waals surface area (Å²) < 4.78 is 5.39. The summed E-state index contributed by atoms with van der Waals surface area (Å²) >= 11 is 0. The van der Waals surface area contributed by atoms with Crippen LogP contribution in [-0.4, -0.2) is 51.3 Å². The lowest BCUT2D eigenvalue weighted by Crippen LogP contribution is -2.40. The molecule has 0 unspecified atom stereocenters. The molecule has 0 aromatic rings. The summed E-state index contributed by atoms with van der Waals surface area (Å²) in [5.41, 5.74) is 0. The number of aliphatic imine (C=N–C) groups is 1. The van der Waals surface area contributed by atoms with Gasteiger partial charge in [-0.1, -0.05) is 13.3 Å². The molecule has 1 saturated heterocycles. The first-order valence-electron chi connectivity index (χ1n) is 7.27. The lowest BCUT2D eigenvalue weighted by atomic mass is 9.96. The number of hydrogen-bond donors (Lipinski definition) is 1. The van der Waals surface area contributed by atoms with Crippen LogP contribution in [0, 0.1) is 5.92 Å². The maximum Gasteiger partial charge on any atom is 0.193 e. The lowest BCUT2D eigenvalue weighted by molar-refractivity contribution is 0.0625. The van der Waals surface area contributed by atoms with Crippen LogP contribution >= 0.6 is 24.0 Å². The van der Waals surface area contributed by atoms with Crippen molar-refractivity contribution in [3.05, 3.63) is 0 Å². The molecule has 1 fully saturated rings. The van der Waals surface area contributed by atoms with Crippen molar-refractivity contribution in [3.8, 4) is 0 Å². The predicted molar refractivity (Wildman–Crippen MR) is 92.5 cm³/mol. The first-order valence-corrected chi connectivity index (χ1v) is 7.27. The molecule has 0 spiro atoms. The number of hydrogen-bond acceptors (Lipinski definition) is 2. The lowest BCUT2D eigenvalue weighted by Gasteiger charge is -2.26. The van der Waals surface area contributed by atoms with Crippen LogP contribution < -0.4 is 5.32 Å². The summed E-state index contributed by atoms with van der Waals surface area (Å²) in [6.45, 7) is 6.19. The van der Waals surface area contributed by atoms with E-state index in [1.165, 1.54) is 32.1 Å². The molecule has 0 aromatic carbocycles. The number of nitrogens with one attached hydrogen (secondary N) is 1. The van der Waals surface area contributed by atoms with Crippen LogP contribution in [0.3, 0.4) is 0 Å². The molecule has 19 heavy (non-hydrogen) atoms. The first kappa shape index (κ1) is 19.0. The SMILES string of the molecule is CCCCNC(=NC)N(C)CCC1CCOCC1.I. The zero-order valence-corrected chi connectivity index (χ0v) is 15.0. The van der Waals surface area contributed by atoms with Gasteiger partial charge in [-0.15, -0.1) is 24.0 Å². The molecule has 1 heterocycles. The Morgan fingerprint density at radius 1 is 1.37 bits per heavy atom. The maximum atomic E-state index is 5.39. The molecule has 0 aromatic heterocycles. The van der Waals surface area contributed by atoms with E-state index < -0.39 is 0 Å². The van der Waals surface area contributed by atoms with Crippen molar-refractivity contribution in [2.24, 2.45) is 10.9 Å². The van der Waals surface area contributed by atoms with Crippen molar-refractivity contribution in [1.29, 1.82) is 0 Å². The minimum atomic E-state index is 0. The summed E-state index contributed by atoms with van der Waals surface area (Å²) in [5.74, 6) is 1.85. The molecule has 1 aliphatic heterocycles. The van der Waals surface area contributed by atoms with E-state index in [9.17, 15) is 0 Å². The van der Waals surface area contributed by atoms with Gasteiger partial charge in [-0.3, -0.25) is 4.99 Å². The van der Waals surface area contributed by atoms with Crippen LogP contribution in [0.4, 0.5) is 0 Å². The van der Waals surface area contributed by atoms with Gasteiger partial charge in [0.15, 0.2) is 5.96 Å². The molecular weight excluding hydrogens is 353 g/mol. The minimum absolute atomic E-state index is 0. The molecule has 0 bridgehead atoms. The van der Waals surface area contributed by atoms with Crippen molar-refractivity contribution in [1.82, 2.24) is 10.2 Å². The van der Waals surface area contributed by atoms with Crippen LogP contribution in [0.25, 0.3) is 0 Å². The minimum Gasteiger partial charge on any atom is -0.381 e. The van der Waals surface area contributed by atoms with Crippen LogP contribution in [0.5, 0.6) is 0 Å². The van der Waals surface area contributed by atoms with Crippen LogP contribution in [-0.2, 0) is 4.74 Å². The van der Waals surface area contributed by atoms with Gasteiger partial charge < -0.3 is 15.0 Å². The summed E-state index contributed by atoms with van der Waals surface area (Å²) in [7, 11) is 3.99. The third-order valence-electron chi connectivity index (χ3n) is 3.60. The van der Waals surface area contributed by atoms with Crippen LogP contribution in [0.1, 0.15) is 39.0 Å². The number of ether oxygens (including phenoxy) is 1. The summed E-state index contributed by atoms with van der Waals surface area (Å²) in [6.07, 6.45) is 6.10. The van der Waals surface area contributed by atoms with Crippen molar-refractivity contribution >= 4 is 29.9 Å². The Kier molecular flexibility index (Phi) is 11.7. The molecule has 1 N–H and O–H groups in total. The molecular formula is C14H30IN3O. The molecule has 0 atom stereocenters. The van der Waals surface area contributed by atoms with Gasteiger partial charge in [0.05, 0.1) is 0 Å². The largest absolute Gasteiger partial charge is 0.381 e. The van der Waals surface area contributed by atoms with E-state index in [0.717, 1.165) is 38.2 Å². The van der Waals surface area contributed by atoms with Crippen molar-refractivity contribution in [2.45, 2.75) is 39.0 Å². The molecule has 0 amide bonds. The fourth-order valence-electron chi connectivity index (χ4n) is 2.28. The number of rotatable bonds is 6. The van der Waals surface area contributed by atoms with E-state index in [4.69, 9.17) is 4.74 Å². The Morgan fingerprint density at radius 3 is 2.63 bits per heavy atom. The Morgan fingerprint density at radius 2 is 2.05 bits per heavy atom. The normalized spacial score (nSPS) is 16.9. The molecule has 1 aliphatic rings. The molecule has 114 valence electrons. The van der Waals surface area contributed by atoms with Gasteiger partial charge in [0.1, 0.15) is 0 Å². The maximum absolute atomic E-state index is 5.39. The third kappa shape index (κ3) is 7.97. The van der Waals surface area contributed by atoms with E-state index >= 15 is 0 Å². The van der Waals surface area contributed by atoms with Crippen molar-refractivity contribution < 1.29 is 4.74 Å².